The second-order valence-electron chi connectivity index (χ2n) is 8.26. The zero-order valence-corrected chi connectivity index (χ0v) is 23.8. The highest BCUT2D eigenvalue weighted by molar-refractivity contribution is 9.10. The minimum absolute atomic E-state index is 0.158. The Kier molecular flexibility index (Phi) is 8.86. The lowest BCUT2D eigenvalue weighted by atomic mass is 10.2. The molecule has 0 fully saturated rings. The number of nitrogens with zero attached hydrogens (tertiary/aromatic N) is 4. The molecular formula is C27H27BrN4O3S2. The number of hydrazone groups is 1. The summed E-state index contributed by atoms with van der Waals surface area (Å²) in [7, 11) is -3.64. The first-order valence-electron chi connectivity index (χ1n) is 11.9. The van der Waals surface area contributed by atoms with E-state index in [0.717, 1.165) is 33.1 Å². The summed E-state index contributed by atoms with van der Waals surface area (Å²) >= 11 is 4.82. The van der Waals surface area contributed by atoms with Gasteiger partial charge < -0.3 is 0 Å². The summed E-state index contributed by atoms with van der Waals surface area (Å²) in [5, 5.41) is 6.15. The molecule has 4 rings (SSSR count). The van der Waals surface area contributed by atoms with E-state index in [1.165, 1.54) is 44.9 Å². The molecule has 0 spiro atoms. The lowest BCUT2D eigenvalue weighted by Gasteiger charge is -2.20. The number of aromatic nitrogens is 1. The minimum Gasteiger partial charge on any atom is -0.267 e. The molecule has 7 nitrogen and oxygen atoms in total. The zero-order chi connectivity index (χ0) is 26.4. The van der Waals surface area contributed by atoms with Crippen LogP contribution in [0, 0.1) is 0 Å². The van der Waals surface area contributed by atoms with E-state index in [-0.39, 0.29) is 4.90 Å². The Labute approximate surface area is 229 Å². The predicted molar refractivity (Wildman–Crippen MR) is 154 cm³/mol. The van der Waals surface area contributed by atoms with E-state index in [2.05, 4.69) is 26.0 Å². The molecule has 0 N–H and O–H groups in total. The molecule has 0 saturated carbocycles. The molecule has 10 heteroatoms. The van der Waals surface area contributed by atoms with Crippen molar-refractivity contribution in [2.45, 2.75) is 31.6 Å². The van der Waals surface area contributed by atoms with Crippen LogP contribution in [-0.2, 0) is 10.0 Å². The van der Waals surface area contributed by atoms with Gasteiger partial charge in [-0.05, 0) is 54.4 Å². The SMILES string of the molecule is CCCCN(CC)S(=O)(=O)c1ccc(C(=O)N(/N=C/c2ccccc2)c2nc3ccc(Br)cc3s2)cc1. The number of amides is 1. The number of unbranched alkanes of at least 4 members (excludes halogenated alkanes) is 1. The Bertz CT molecular complexity index is 1500. The van der Waals surface area contributed by atoms with Gasteiger partial charge in [-0.2, -0.15) is 14.4 Å². The average molecular weight is 600 g/mol. The van der Waals surface area contributed by atoms with Gasteiger partial charge in [-0.1, -0.05) is 77.9 Å². The van der Waals surface area contributed by atoms with E-state index >= 15 is 0 Å². The molecule has 192 valence electrons. The lowest BCUT2D eigenvalue weighted by molar-refractivity contribution is 0.0987. The van der Waals surface area contributed by atoms with E-state index in [0.29, 0.717) is 23.8 Å². The molecule has 0 aliphatic carbocycles. The van der Waals surface area contributed by atoms with Crippen LogP contribution in [0.25, 0.3) is 10.2 Å². The summed E-state index contributed by atoms with van der Waals surface area (Å²) in [6, 6.07) is 21.2. The van der Waals surface area contributed by atoms with Gasteiger partial charge >= 0.3 is 0 Å². The smallest absolute Gasteiger partial charge is 0.267 e. The van der Waals surface area contributed by atoms with Crippen LogP contribution < -0.4 is 5.01 Å². The Morgan fingerprint density at radius 1 is 1.05 bits per heavy atom. The van der Waals surface area contributed by atoms with E-state index in [1.54, 1.807) is 6.21 Å². The number of hydrogen-bond donors (Lipinski definition) is 0. The highest BCUT2D eigenvalue weighted by Crippen LogP contribution is 2.32. The first-order valence-corrected chi connectivity index (χ1v) is 15.0. The standard InChI is InChI=1S/C27H27BrN4O3S2/c1-3-5-17-31(4-2)37(34,35)23-14-11-21(12-15-23)26(33)32(29-19-20-9-7-6-8-10-20)27-30-24-16-13-22(28)18-25(24)36-27/h6-16,18-19H,3-5,17H2,1-2H3/b29-19+. The molecule has 0 radical (unpaired) electrons. The van der Waals surface area contributed by atoms with Gasteiger partial charge in [-0.25, -0.2) is 13.4 Å². The van der Waals surface area contributed by atoms with Gasteiger partial charge in [-0.15, -0.1) is 0 Å². The van der Waals surface area contributed by atoms with E-state index < -0.39 is 15.9 Å². The summed E-state index contributed by atoms with van der Waals surface area (Å²) in [5.41, 5.74) is 1.89. The van der Waals surface area contributed by atoms with E-state index in [1.807, 2.05) is 62.4 Å². The van der Waals surface area contributed by atoms with E-state index in [4.69, 9.17) is 0 Å². The number of carbonyl (C=O) groups excluding carboxylic acids is 1. The molecule has 1 aromatic heterocycles. The molecule has 0 unspecified atom stereocenters. The maximum Gasteiger partial charge on any atom is 0.280 e. The van der Waals surface area contributed by atoms with Gasteiger partial charge in [0, 0.05) is 23.1 Å². The molecule has 1 heterocycles. The van der Waals surface area contributed by atoms with Crippen molar-refractivity contribution >= 4 is 64.8 Å². The number of halogens is 1. The number of hydrogen-bond acceptors (Lipinski definition) is 6. The topological polar surface area (TPSA) is 82.9 Å². The van der Waals surface area contributed by atoms with Gasteiger partial charge in [0.2, 0.25) is 15.2 Å². The van der Waals surface area contributed by atoms with Crippen LogP contribution in [0.15, 0.2) is 87.3 Å². The molecule has 0 saturated heterocycles. The summed E-state index contributed by atoms with van der Waals surface area (Å²) in [6.45, 7) is 4.70. The summed E-state index contributed by atoms with van der Waals surface area (Å²) in [5.74, 6) is -0.410. The molecular weight excluding hydrogens is 572 g/mol. The van der Waals surface area contributed by atoms with Crippen LogP contribution >= 0.6 is 27.3 Å². The number of anilines is 1. The summed E-state index contributed by atoms with van der Waals surface area (Å²) < 4.78 is 29.5. The van der Waals surface area contributed by atoms with Crippen molar-refractivity contribution in [1.82, 2.24) is 9.29 Å². The number of thiazole rings is 1. The summed E-state index contributed by atoms with van der Waals surface area (Å²) in [6.07, 6.45) is 3.30. The fourth-order valence-electron chi connectivity index (χ4n) is 3.65. The monoisotopic (exact) mass is 598 g/mol. The third-order valence-corrected chi connectivity index (χ3v) is 9.16. The molecule has 0 bridgehead atoms. The highest BCUT2D eigenvalue weighted by atomic mass is 79.9. The van der Waals surface area contributed by atoms with Crippen molar-refractivity contribution in [3.8, 4) is 0 Å². The molecule has 0 aliphatic rings. The molecule has 0 atom stereocenters. The van der Waals surface area contributed by atoms with Gasteiger partial charge in [-0.3, -0.25) is 4.79 Å². The van der Waals surface area contributed by atoms with Crippen LogP contribution in [0.2, 0.25) is 0 Å². The Balaban J connectivity index is 1.67. The van der Waals surface area contributed by atoms with Gasteiger partial charge in [0.15, 0.2) is 0 Å². The van der Waals surface area contributed by atoms with Crippen molar-refractivity contribution in [2.24, 2.45) is 5.10 Å². The lowest BCUT2D eigenvalue weighted by Crippen LogP contribution is -2.32. The first-order chi connectivity index (χ1) is 17.8. The number of rotatable bonds is 10. The number of fused-ring (bicyclic) bond motifs is 1. The fraction of sp³-hybridized carbons (Fsp3) is 0.222. The Hall–Kier alpha value is -2.92. The van der Waals surface area contributed by atoms with Crippen molar-refractivity contribution in [1.29, 1.82) is 0 Å². The molecule has 3 aromatic carbocycles. The van der Waals surface area contributed by atoms with Crippen LogP contribution in [0.4, 0.5) is 5.13 Å². The third-order valence-electron chi connectivity index (χ3n) is 5.69. The third kappa shape index (κ3) is 6.32. The maximum absolute atomic E-state index is 13.6. The summed E-state index contributed by atoms with van der Waals surface area (Å²) in [4.78, 5) is 18.4. The molecule has 0 aliphatic heterocycles. The van der Waals surface area contributed by atoms with Crippen molar-refractivity contribution in [3.63, 3.8) is 0 Å². The number of carbonyl (C=O) groups is 1. The quantitative estimate of drug-likeness (QED) is 0.153. The van der Waals surface area contributed by atoms with Gasteiger partial charge in [0.25, 0.3) is 5.91 Å². The molecule has 1 amide bonds. The Morgan fingerprint density at radius 3 is 2.46 bits per heavy atom. The zero-order valence-electron chi connectivity index (χ0n) is 20.5. The van der Waals surface area contributed by atoms with Crippen molar-refractivity contribution in [2.75, 3.05) is 18.1 Å². The van der Waals surface area contributed by atoms with Gasteiger partial charge in [0.1, 0.15) is 0 Å². The second-order valence-corrected chi connectivity index (χ2v) is 12.1. The van der Waals surface area contributed by atoms with Crippen molar-refractivity contribution < 1.29 is 13.2 Å². The number of sulfonamides is 1. The normalized spacial score (nSPS) is 12.0. The molecule has 37 heavy (non-hydrogen) atoms. The maximum atomic E-state index is 13.6. The van der Waals surface area contributed by atoms with Crippen molar-refractivity contribution in [3.05, 3.63) is 88.4 Å². The Morgan fingerprint density at radius 2 is 1.78 bits per heavy atom. The predicted octanol–water partition coefficient (Wildman–Crippen LogP) is 6.55. The fourth-order valence-corrected chi connectivity index (χ4v) is 6.61. The van der Waals surface area contributed by atoms with Crippen LogP contribution in [-0.4, -0.2) is 42.9 Å². The van der Waals surface area contributed by atoms with E-state index in [9.17, 15) is 13.2 Å². The first kappa shape index (κ1) is 27.1. The minimum atomic E-state index is -3.64. The number of benzene rings is 3. The van der Waals surface area contributed by atoms with Crippen LogP contribution in [0.5, 0.6) is 0 Å². The van der Waals surface area contributed by atoms with Crippen LogP contribution in [0.3, 0.4) is 0 Å². The average Bonchev–Trinajstić information content (AvgIpc) is 3.32. The largest absolute Gasteiger partial charge is 0.280 e. The molecule has 4 aromatic rings. The van der Waals surface area contributed by atoms with Gasteiger partial charge in [0.05, 0.1) is 21.3 Å². The highest BCUT2D eigenvalue weighted by Gasteiger charge is 2.25. The van der Waals surface area contributed by atoms with Crippen LogP contribution in [0.1, 0.15) is 42.6 Å². The second kappa shape index (κ2) is 12.1.